The van der Waals surface area contributed by atoms with E-state index >= 15 is 0 Å². The maximum atomic E-state index is 14.2. The lowest BCUT2D eigenvalue weighted by Gasteiger charge is -2.44. The first-order valence-electron chi connectivity index (χ1n) is 10.3. The van der Waals surface area contributed by atoms with Crippen LogP contribution in [0.3, 0.4) is 0 Å². The molecule has 1 aromatic heterocycles. The lowest BCUT2D eigenvalue weighted by atomic mass is 10.1. The van der Waals surface area contributed by atoms with E-state index in [0.29, 0.717) is 38.1 Å². The fraction of sp³-hybridized carbons (Fsp3) is 0.364. The standard InChI is InChI=1S/C22H20ClFN3O5/c1-31-19-17-21(30)26-8-3-9-32-22(26)14-7-6-13(27(14)17)15(18(19)28)20(29)25-10-11-4-2-5-12(23)16(11)24/h2,4-5,14,22H,1,3,6-10H2,(H,25,29)/t14-,22+/m1/s1. The smallest absolute Gasteiger partial charge is 0.276 e. The number of pyridine rings is 1. The summed E-state index contributed by atoms with van der Waals surface area (Å²) in [4.78, 5) is 41.1. The van der Waals surface area contributed by atoms with Gasteiger partial charge in [0.1, 0.15) is 18.5 Å². The van der Waals surface area contributed by atoms with Crippen molar-refractivity contribution >= 4 is 23.4 Å². The molecule has 3 aliphatic rings. The van der Waals surface area contributed by atoms with Gasteiger partial charge in [-0.1, -0.05) is 23.7 Å². The van der Waals surface area contributed by atoms with E-state index in [1.807, 2.05) is 0 Å². The second-order valence-corrected chi connectivity index (χ2v) is 8.37. The molecule has 8 nitrogen and oxygen atoms in total. The number of hydrogen-bond acceptors (Lipinski definition) is 5. The van der Waals surface area contributed by atoms with Gasteiger partial charge in [0.15, 0.2) is 17.7 Å². The van der Waals surface area contributed by atoms with Crippen molar-refractivity contribution in [3.05, 3.63) is 68.9 Å². The van der Waals surface area contributed by atoms with Gasteiger partial charge >= 0.3 is 0 Å². The Morgan fingerprint density at radius 1 is 1.38 bits per heavy atom. The normalized spacial score (nSPS) is 21.2. The lowest BCUT2D eigenvalue weighted by Crippen LogP contribution is -2.55. The summed E-state index contributed by atoms with van der Waals surface area (Å²) in [6, 6.07) is 4.24. The summed E-state index contributed by atoms with van der Waals surface area (Å²) in [5.41, 5.74) is -0.109. The first kappa shape index (κ1) is 21.0. The molecule has 5 rings (SSSR count). The van der Waals surface area contributed by atoms with Gasteiger partial charge in [0.05, 0.1) is 17.7 Å². The molecule has 1 radical (unpaired) electrons. The largest absolute Gasteiger partial charge is 0.484 e. The van der Waals surface area contributed by atoms with Crippen LogP contribution in [0.5, 0.6) is 5.75 Å². The highest BCUT2D eigenvalue weighted by molar-refractivity contribution is 6.30. The maximum Gasteiger partial charge on any atom is 0.276 e. The highest BCUT2D eigenvalue weighted by atomic mass is 35.5. The van der Waals surface area contributed by atoms with Gasteiger partial charge in [-0.15, -0.1) is 0 Å². The Labute approximate surface area is 187 Å². The Hall–Kier alpha value is -2.91. The molecule has 0 aliphatic carbocycles. The molecule has 2 atom stereocenters. The number of nitrogens with one attached hydrogen (secondary N) is 1. The number of fused-ring (bicyclic) bond motifs is 2. The highest BCUT2D eigenvalue weighted by Crippen LogP contribution is 2.41. The van der Waals surface area contributed by atoms with E-state index in [9.17, 15) is 18.8 Å². The third kappa shape index (κ3) is 3.02. The van der Waals surface area contributed by atoms with E-state index in [1.165, 1.54) is 12.1 Å². The Morgan fingerprint density at radius 3 is 2.97 bits per heavy atom. The van der Waals surface area contributed by atoms with Gasteiger partial charge in [-0.05, 0) is 25.3 Å². The summed E-state index contributed by atoms with van der Waals surface area (Å²) >= 11 is 5.80. The van der Waals surface area contributed by atoms with Crippen molar-refractivity contribution in [2.24, 2.45) is 0 Å². The lowest BCUT2D eigenvalue weighted by molar-refractivity contribution is -0.109. The summed E-state index contributed by atoms with van der Waals surface area (Å²) in [7, 11) is 3.34. The number of aromatic nitrogens is 1. The summed E-state index contributed by atoms with van der Waals surface area (Å²) in [5, 5.41) is 2.53. The van der Waals surface area contributed by atoms with E-state index in [-0.39, 0.29) is 46.1 Å². The second-order valence-electron chi connectivity index (χ2n) is 7.96. The summed E-state index contributed by atoms with van der Waals surface area (Å²) < 4.78 is 26.9. The minimum atomic E-state index is -0.712. The molecule has 10 heteroatoms. The number of rotatable bonds is 4. The monoisotopic (exact) mass is 460 g/mol. The van der Waals surface area contributed by atoms with Gasteiger partial charge in [-0.25, -0.2) is 4.39 Å². The zero-order chi connectivity index (χ0) is 22.6. The van der Waals surface area contributed by atoms with Crippen LogP contribution in [0, 0.1) is 12.9 Å². The first-order chi connectivity index (χ1) is 15.4. The second kappa shape index (κ2) is 7.90. The van der Waals surface area contributed by atoms with Crippen molar-refractivity contribution in [2.75, 3.05) is 13.2 Å². The predicted octanol–water partition coefficient (Wildman–Crippen LogP) is 2.43. The number of halogens is 2. The van der Waals surface area contributed by atoms with E-state index in [0.717, 1.165) is 0 Å². The molecule has 1 saturated heterocycles. The van der Waals surface area contributed by atoms with Crippen molar-refractivity contribution < 1.29 is 23.5 Å². The van der Waals surface area contributed by atoms with Crippen molar-refractivity contribution in [3.8, 4) is 5.75 Å². The summed E-state index contributed by atoms with van der Waals surface area (Å²) in [6.07, 6.45) is 1.26. The molecule has 1 N–H and O–H groups in total. The molecule has 0 saturated carbocycles. The minimum Gasteiger partial charge on any atom is -0.484 e. The van der Waals surface area contributed by atoms with Gasteiger partial charge < -0.3 is 24.3 Å². The zero-order valence-electron chi connectivity index (χ0n) is 17.0. The topological polar surface area (TPSA) is 89.9 Å². The van der Waals surface area contributed by atoms with Crippen LogP contribution in [0.4, 0.5) is 4.39 Å². The minimum absolute atomic E-state index is 0.0599. The van der Waals surface area contributed by atoms with Crippen LogP contribution in [0.2, 0.25) is 5.02 Å². The molecular weight excluding hydrogens is 441 g/mol. The Kier molecular flexibility index (Phi) is 5.17. The van der Waals surface area contributed by atoms with Crippen LogP contribution in [-0.2, 0) is 17.7 Å². The van der Waals surface area contributed by atoms with Gasteiger partial charge in [-0.2, -0.15) is 0 Å². The molecule has 2 aromatic rings. The average molecular weight is 461 g/mol. The third-order valence-electron chi connectivity index (χ3n) is 6.25. The fourth-order valence-electron chi connectivity index (χ4n) is 4.86. The number of ether oxygens (including phenoxy) is 2. The predicted molar refractivity (Wildman–Crippen MR) is 112 cm³/mol. The Bertz CT molecular complexity index is 1200. The molecule has 3 aliphatic heterocycles. The number of amides is 2. The molecule has 2 amide bonds. The number of carbonyl (C=O) groups is 2. The van der Waals surface area contributed by atoms with Crippen LogP contribution >= 0.6 is 11.6 Å². The highest BCUT2D eigenvalue weighted by Gasteiger charge is 2.48. The maximum absolute atomic E-state index is 14.2. The van der Waals surface area contributed by atoms with Crippen LogP contribution in [0.1, 0.15) is 51.0 Å². The quantitative estimate of drug-likeness (QED) is 0.757. The average Bonchev–Trinajstić information content (AvgIpc) is 3.22. The SMILES string of the molecule is [CH2]Oc1c2n3c(c(C(=O)NCc4cccc(Cl)c4F)c1=O)CC[C@@H]3[C@@H]1OCCCN1C2=O. The van der Waals surface area contributed by atoms with Crippen molar-refractivity contribution in [1.29, 1.82) is 0 Å². The molecule has 32 heavy (non-hydrogen) atoms. The van der Waals surface area contributed by atoms with Crippen molar-refractivity contribution in [2.45, 2.75) is 38.1 Å². The molecule has 0 bridgehead atoms. The molecule has 0 spiro atoms. The molecular formula is C22H20ClFN3O5. The number of carbonyl (C=O) groups excluding carboxylic acids is 2. The molecule has 4 heterocycles. The van der Waals surface area contributed by atoms with E-state index < -0.39 is 23.4 Å². The number of nitrogens with zero attached hydrogens (tertiary/aromatic N) is 2. The van der Waals surface area contributed by atoms with Crippen LogP contribution in [0.25, 0.3) is 0 Å². The molecule has 167 valence electrons. The van der Waals surface area contributed by atoms with Gasteiger partial charge in [0, 0.05) is 24.3 Å². The van der Waals surface area contributed by atoms with Crippen LogP contribution in [-0.4, -0.2) is 40.7 Å². The summed E-state index contributed by atoms with van der Waals surface area (Å²) in [6.45, 7) is 0.898. The summed E-state index contributed by atoms with van der Waals surface area (Å²) in [5.74, 6) is -1.97. The fourth-order valence-corrected chi connectivity index (χ4v) is 5.05. The van der Waals surface area contributed by atoms with Crippen LogP contribution < -0.4 is 15.5 Å². The van der Waals surface area contributed by atoms with Gasteiger partial charge in [-0.3, -0.25) is 14.4 Å². The third-order valence-corrected chi connectivity index (χ3v) is 6.54. The van der Waals surface area contributed by atoms with Crippen molar-refractivity contribution in [1.82, 2.24) is 14.8 Å². The zero-order valence-corrected chi connectivity index (χ0v) is 17.8. The van der Waals surface area contributed by atoms with E-state index in [2.05, 4.69) is 12.4 Å². The number of hydrogen-bond donors (Lipinski definition) is 1. The van der Waals surface area contributed by atoms with Gasteiger partial charge in [0.2, 0.25) is 5.43 Å². The van der Waals surface area contributed by atoms with Gasteiger partial charge in [0.25, 0.3) is 11.8 Å². The van der Waals surface area contributed by atoms with Crippen LogP contribution in [0.15, 0.2) is 23.0 Å². The number of benzene rings is 1. The molecule has 1 fully saturated rings. The Balaban J connectivity index is 1.57. The molecule has 0 unspecified atom stereocenters. The van der Waals surface area contributed by atoms with E-state index in [1.54, 1.807) is 15.5 Å². The van der Waals surface area contributed by atoms with E-state index in [4.69, 9.17) is 21.1 Å². The Morgan fingerprint density at radius 2 is 2.19 bits per heavy atom. The van der Waals surface area contributed by atoms with Crippen molar-refractivity contribution in [3.63, 3.8) is 0 Å². The molecule has 1 aromatic carbocycles. The first-order valence-corrected chi connectivity index (χ1v) is 10.7.